The zero-order valence-corrected chi connectivity index (χ0v) is 17.2. The van der Waals surface area contributed by atoms with E-state index >= 15 is 0 Å². The van der Waals surface area contributed by atoms with E-state index in [1.54, 1.807) is 64.1 Å². The highest BCUT2D eigenvalue weighted by molar-refractivity contribution is 14.1. The van der Waals surface area contributed by atoms with Gasteiger partial charge in [-0.3, -0.25) is 0 Å². The number of hydrogen-bond donors (Lipinski definition) is 0. The van der Waals surface area contributed by atoms with E-state index in [1.165, 1.54) is 0 Å². The van der Waals surface area contributed by atoms with Gasteiger partial charge >= 0.3 is 12.2 Å². The Labute approximate surface area is 158 Å². The molecule has 0 N–H and O–H groups in total. The number of pyridine rings is 1. The number of halogens is 3. The molecule has 1 aromatic heterocycles. The molecule has 1 rings (SSSR count). The van der Waals surface area contributed by atoms with Crippen molar-refractivity contribution in [3.63, 3.8) is 0 Å². The molecule has 0 aromatic carbocycles. The van der Waals surface area contributed by atoms with Gasteiger partial charge in [-0.15, -0.1) is 0 Å². The lowest BCUT2D eigenvalue weighted by atomic mass is 10.2. The predicted molar refractivity (Wildman–Crippen MR) is 96.9 cm³/mol. The van der Waals surface area contributed by atoms with Crippen LogP contribution in [0.2, 0.25) is 5.15 Å². The van der Waals surface area contributed by atoms with Crippen molar-refractivity contribution in [3.8, 4) is 0 Å². The van der Waals surface area contributed by atoms with Gasteiger partial charge in [0.2, 0.25) is 0 Å². The number of aromatic nitrogens is 1. The molecule has 6 nitrogen and oxygen atoms in total. The highest BCUT2D eigenvalue weighted by Crippen LogP contribution is 2.33. The zero-order valence-electron chi connectivity index (χ0n) is 14.2. The Morgan fingerprint density at radius 2 is 1.54 bits per heavy atom. The van der Waals surface area contributed by atoms with Gasteiger partial charge in [-0.2, -0.15) is 4.90 Å². The van der Waals surface area contributed by atoms with Gasteiger partial charge in [-0.25, -0.2) is 19.0 Å². The van der Waals surface area contributed by atoms with Gasteiger partial charge in [0.25, 0.3) is 0 Å². The van der Waals surface area contributed by atoms with Crippen LogP contribution in [0, 0.1) is 9.39 Å². The predicted octanol–water partition coefficient (Wildman–Crippen LogP) is 5.16. The van der Waals surface area contributed by atoms with Crippen LogP contribution in [0.1, 0.15) is 41.5 Å². The Morgan fingerprint density at radius 1 is 1.12 bits per heavy atom. The smallest absolute Gasteiger partial charge is 0.424 e. The Morgan fingerprint density at radius 3 is 1.92 bits per heavy atom. The van der Waals surface area contributed by atoms with Crippen LogP contribution in [0.3, 0.4) is 0 Å². The molecule has 0 spiro atoms. The SMILES string of the molecule is CC(C)(C)OC(=O)N(C(=O)OC(C)(C)C)c1c(Cl)ncc(F)c1I. The first-order valence-electron chi connectivity index (χ1n) is 6.98. The fourth-order valence-electron chi connectivity index (χ4n) is 1.50. The van der Waals surface area contributed by atoms with Crippen LogP contribution in [0.5, 0.6) is 0 Å². The van der Waals surface area contributed by atoms with Crippen LogP contribution in [-0.4, -0.2) is 28.4 Å². The second-order valence-electron chi connectivity index (χ2n) is 6.86. The number of anilines is 1. The van der Waals surface area contributed by atoms with Crippen molar-refractivity contribution < 1.29 is 23.5 Å². The lowest BCUT2D eigenvalue weighted by Crippen LogP contribution is -2.44. The lowest BCUT2D eigenvalue weighted by molar-refractivity contribution is 0.0430. The standard InChI is InChI=1S/C15H19ClFIN2O4/c1-14(2,3)23-12(21)20(13(22)24-15(4,5)6)10-9(18)8(17)7-19-11(10)16/h7H,1-6H3. The highest BCUT2D eigenvalue weighted by atomic mass is 127. The van der Waals surface area contributed by atoms with Crippen molar-refractivity contribution in [2.75, 3.05) is 4.90 Å². The Kier molecular flexibility index (Phi) is 6.43. The number of amides is 2. The van der Waals surface area contributed by atoms with Crippen LogP contribution in [0.15, 0.2) is 6.20 Å². The number of rotatable bonds is 1. The average molecular weight is 473 g/mol. The molecule has 134 valence electrons. The molecule has 0 unspecified atom stereocenters. The van der Waals surface area contributed by atoms with Gasteiger partial charge in [-0.1, -0.05) is 11.6 Å². The Hall–Kier alpha value is -1.16. The number of carbonyl (C=O) groups is 2. The van der Waals surface area contributed by atoms with Crippen LogP contribution in [0.4, 0.5) is 19.7 Å². The molecule has 0 aliphatic rings. The molecule has 0 saturated carbocycles. The maximum atomic E-state index is 13.9. The Bertz CT molecular complexity index is 628. The molecule has 0 radical (unpaired) electrons. The van der Waals surface area contributed by atoms with Crippen molar-refractivity contribution in [1.82, 2.24) is 4.98 Å². The first kappa shape index (κ1) is 20.9. The highest BCUT2D eigenvalue weighted by Gasteiger charge is 2.36. The second kappa shape index (κ2) is 7.38. The molecule has 0 aliphatic heterocycles. The monoisotopic (exact) mass is 472 g/mol. The van der Waals surface area contributed by atoms with Crippen LogP contribution in [0.25, 0.3) is 0 Å². The van der Waals surface area contributed by atoms with Crippen molar-refractivity contribution in [2.45, 2.75) is 52.7 Å². The molecule has 0 bridgehead atoms. The summed E-state index contributed by atoms with van der Waals surface area (Å²) < 4.78 is 24.2. The number of ether oxygens (including phenoxy) is 2. The number of carbonyl (C=O) groups excluding carboxylic acids is 2. The summed E-state index contributed by atoms with van der Waals surface area (Å²) in [4.78, 5) is 29.2. The van der Waals surface area contributed by atoms with E-state index in [1.807, 2.05) is 0 Å². The zero-order chi connectivity index (χ0) is 18.9. The molecule has 24 heavy (non-hydrogen) atoms. The fraction of sp³-hybridized carbons (Fsp3) is 0.533. The summed E-state index contributed by atoms with van der Waals surface area (Å²) in [6.07, 6.45) is -1.18. The third-order valence-electron chi connectivity index (χ3n) is 2.28. The van der Waals surface area contributed by atoms with Crippen LogP contribution >= 0.6 is 34.2 Å². The van der Waals surface area contributed by atoms with E-state index in [9.17, 15) is 14.0 Å². The first-order chi connectivity index (χ1) is 10.7. The number of hydrogen-bond acceptors (Lipinski definition) is 5. The minimum absolute atomic E-state index is 0.0516. The average Bonchev–Trinajstić information content (AvgIpc) is 2.34. The summed E-state index contributed by atoms with van der Waals surface area (Å²) in [5, 5.41) is -0.225. The van der Waals surface area contributed by atoms with Gasteiger partial charge in [0, 0.05) is 0 Å². The van der Waals surface area contributed by atoms with Gasteiger partial charge in [0.1, 0.15) is 16.9 Å². The van der Waals surface area contributed by atoms with E-state index in [0.29, 0.717) is 4.90 Å². The molecule has 0 aliphatic carbocycles. The van der Waals surface area contributed by atoms with E-state index in [2.05, 4.69) is 4.98 Å². The minimum Gasteiger partial charge on any atom is -0.443 e. The summed E-state index contributed by atoms with van der Waals surface area (Å²) >= 11 is 7.62. The maximum Gasteiger partial charge on any atom is 0.424 e. The van der Waals surface area contributed by atoms with Gasteiger partial charge in [0.05, 0.1) is 9.77 Å². The molecule has 0 fully saturated rings. The molecular formula is C15H19ClFIN2O4. The lowest BCUT2D eigenvalue weighted by Gasteiger charge is -2.29. The van der Waals surface area contributed by atoms with E-state index in [4.69, 9.17) is 21.1 Å². The third-order valence-corrected chi connectivity index (χ3v) is 3.58. The molecule has 0 saturated heterocycles. The topological polar surface area (TPSA) is 68.7 Å². The summed E-state index contributed by atoms with van der Waals surface area (Å²) in [7, 11) is 0. The quantitative estimate of drug-likeness (QED) is 0.417. The summed E-state index contributed by atoms with van der Waals surface area (Å²) in [5.41, 5.74) is -1.98. The normalized spacial score (nSPS) is 11.9. The van der Waals surface area contributed by atoms with E-state index in [0.717, 1.165) is 6.20 Å². The van der Waals surface area contributed by atoms with Crippen molar-refractivity contribution in [3.05, 3.63) is 20.7 Å². The van der Waals surface area contributed by atoms with E-state index in [-0.39, 0.29) is 14.4 Å². The van der Waals surface area contributed by atoms with Crippen molar-refractivity contribution in [1.29, 1.82) is 0 Å². The Balaban J connectivity index is 3.42. The molecule has 1 aromatic rings. The van der Waals surface area contributed by atoms with Crippen LogP contribution < -0.4 is 4.90 Å². The molecular weight excluding hydrogens is 454 g/mol. The largest absolute Gasteiger partial charge is 0.443 e. The molecule has 0 atom stereocenters. The van der Waals surface area contributed by atoms with Gasteiger partial charge in [-0.05, 0) is 64.1 Å². The first-order valence-corrected chi connectivity index (χ1v) is 8.44. The molecule has 1 heterocycles. The summed E-state index contributed by atoms with van der Waals surface area (Å²) in [6.45, 7) is 9.80. The number of imide groups is 1. The number of nitrogens with zero attached hydrogens (tertiary/aromatic N) is 2. The minimum atomic E-state index is -1.04. The van der Waals surface area contributed by atoms with Gasteiger partial charge in [0.15, 0.2) is 11.0 Å². The molecule has 2 amide bonds. The van der Waals surface area contributed by atoms with Crippen molar-refractivity contribution >= 4 is 52.1 Å². The van der Waals surface area contributed by atoms with Gasteiger partial charge < -0.3 is 9.47 Å². The maximum absolute atomic E-state index is 13.9. The molecule has 9 heteroatoms. The summed E-state index contributed by atoms with van der Waals surface area (Å²) in [5.74, 6) is -0.730. The second-order valence-corrected chi connectivity index (χ2v) is 8.29. The van der Waals surface area contributed by atoms with Crippen molar-refractivity contribution in [2.24, 2.45) is 0 Å². The van der Waals surface area contributed by atoms with E-state index < -0.39 is 29.2 Å². The van der Waals surface area contributed by atoms with Crippen LogP contribution in [-0.2, 0) is 9.47 Å². The summed E-state index contributed by atoms with van der Waals surface area (Å²) in [6, 6.07) is 0. The fourth-order valence-corrected chi connectivity index (χ4v) is 2.52. The third kappa shape index (κ3) is 5.73.